The average Bonchev–Trinajstić information content (AvgIpc) is 1.27. The summed E-state index contributed by atoms with van der Waals surface area (Å²) < 4.78 is 6.26. The molecule has 102 heavy (non-hydrogen) atoms. The molecule has 483 valence electrons. The van der Waals surface area contributed by atoms with E-state index in [9.17, 15) is 0 Å². The van der Waals surface area contributed by atoms with Crippen molar-refractivity contribution in [2.75, 3.05) is 0 Å². The van der Waals surface area contributed by atoms with Crippen molar-refractivity contribution >= 4 is 110 Å². The van der Waals surface area contributed by atoms with E-state index in [1.807, 2.05) is 24.3 Å². The molecule has 18 aromatic rings. The predicted octanol–water partition coefficient (Wildman–Crippen LogP) is 26.9. The highest BCUT2D eigenvalue weighted by molar-refractivity contribution is 9.10. The summed E-state index contributed by atoms with van der Waals surface area (Å²) >= 11 is 3.60. The molecule has 1 N–H and O–H groups in total. The quantitative estimate of drug-likeness (QED) is 0.127. The number of hydrogen-bond acceptors (Lipinski definition) is 2. The Balaban J connectivity index is 0.000000121. The molecule has 1 radical (unpaired) electrons. The molecule has 2 aliphatic carbocycles. The summed E-state index contributed by atoms with van der Waals surface area (Å²) in [5.41, 5.74) is 23.5. The lowest BCUT2D eigenvalue weighted by molar-refractivity contribution is 0.454. The van der Waals surface area contributed by atoms with Crippen LogP contribution in [0.4, 0.5) is 0 Å². The van der Waals surface area contributed by atoms with Gasteiger partial charge in [0.15, 0.2) is 0 Å². The summed E-state index contributed by atoms with van der Waals surface area (Å²) in [4.78, 5) is 0. The molecule has 0 aliphatic heterocycles. The van der Waals surface area contributed by atoms with Crippen molar-refractivity contribution in [3.8, 4) is 83.6 Å². The monoisotopic (exact) mass is 1370 g/mol. The lowest BCUT2D eigenvalue weighted by atomic mass is 9.81. The average molecular weight is 1370 g/mol. The maximum atomic E-state index is 8.95. The Hall–Kier alpha value is -11.7. The first kappa shape index (κ1) is 62.6. The van der Waals surface area contributed by atoms with E-state index in [0.29, 0.717) is 13.4 Å². The van der Waals surface area contributed by atoms with Gasteiger partial charge in [0.25, 0.3) is 0 Å². The van der Waals surface area contributed by atoms with Crippen molar-refractivity contribution in [1.82, 2.24) is 0 Å². The SMILES string of the molecule is CC1(C)c2ccc(-c3ccc(-c4c5ccccc5c(-c5ccc6ccccc6c5)c5ccccc45)cc3)cc2-c2cc3ccccc3cc21.CC1(C)c2ccc(Br)cc2-c2cc3ccccc3cc21.O[B]Oc1ccc(-c2c3ccccc3c(-c3ccc4ccccc4c3)c3ccccc23)cc1. The highest BCUT2D eigenvalue weighted by Gasteiger charge is 2.37. The Kier molecular flexibility index (Phi) is 15.5. The lowest BCUT2D eigenvalue weighted by Crippen LogP contribution is -2.14. The van der Waals surface area contributed by atoms with E-state index in [0.717, 1.165) is 10.0 Å². The molecule has 2 aliphatic rings. The van der Waals surface area contributed by atoms with Crippen molar-refractivity contribution in [2.24, 2.45) is 0 Å². The molecule has 4 heteroatoms. The van der Waals surface area contributed by atoms with Crippen molar-refractivity contribution in [3.05, 3.63) is 366 Å². The predicted molar refractivity (Wildman–Crippen MR) is 438 cm³/mol. The van der Waals surface area contributed by atoms with Crippen LogP contribution in [-0.2, 0) is 10.8 Å². The first-order chi connectivity index (χ1) is 49.9. The van der Waals surface area contributed by atoms with Gasteiger partial charge in [-0.05, 0) is 253 Å². The molecule has 0 saturated carbocycles. The van der Waals surface area contributed by atoms with Gasteiger partial charge in [0, 0.05) is 15.3 Å². The largest absolute Gasteiger partial charge is 0.569 e. The molecule has 18 aromatic carbocycles. The maximum absolute atomic E-state index is 8.95. The van der Waals surface area contributed by atoms with E-state index >= 15 is 0 Å². The number of rotatable bonds is 7. The zero-order valence-electron chi connectivity index (χ0n) is 57.1. The van der Waals surface area contributed by atoms with Crippen molar-refractivity contribution < 1.29 is 9.68 Å². The molecule has 0 atom stereocenters. The molecule has 0 aromatic heterocycles. The van der Waals surface area contributed by atoms with Crippen LogP contribution in [0.2, 0.25) is 0 Å². The fourth-order valence-corrected chi connectivity index (χ4v) is 17.2. The standard InChI is InChI=1S/C49H34.C30H20BO2.C19H15Br/c1-49(2)45-26-25-37(29-43(45)44-28-35-13-5-6-14-36(35)30-46(44)49)32-19-22-33(23-20-32)47-39-15-7-9-17-41(39)48(42-18-10-8-16-40(42)47)38-24-21-31-11-3-4-12-34(31)27-38;32-31-33-24-17-15-21(16-18-24)29-25-9-3-5-11-27(25)30(28-12-6-4-10-26(28)29)23-14-13-20-7-1-2-8-22(20)19-23;1-19(2)17-8-7-14(20)11-16(17)15-9-12-5-3-4-6-13(12)10-18(15)19/h3-30H,1-2H3;1-19,32H;3-11H,1-2H3. The van der Waals surface area contributed by atoms with Crippen LogP contribution in [0, 0.1) is 0 Å². The lowest BCUT2D eigenvalue weighted by Gasteiger charge is -2.22. The Morgan fingerprint density at radius 2 is 0.529 bits per heavy atom. The molecular formula is C98H69BBrO2. The molecule has 0 heterocycles. The second-order valence-electron chi connectivity index (χ2n) is 28.3. The molecule has 0 fully saturated rings. The number of benzene rings is 18. The van der Waals surface area contributed by atoms with Crippen molar-refractivity contribution in [2.45, 2.75) is 38.5 Å². The van der Waals surface area contributed by atoms with Crippen LogP contribution in [0.1, 0.15) is 49.9 Å². The zero-order chi connectivity index (χ0) is 68.8. The van der Waals surface area contributed by atoms with Gasteiger partial charge in [-0.2, -0.15) is 0 Å². The third-order valence-corrected chi connectivity index (χ3v) is 22.3. The molecule has 0 saturated heterocycles. The van der Waals surface area contributed by atoms with Crippen LogP contribution < -0.4 is 4.65 Å². The van der Waals surface area contributed by atoms with E-state index in [-0.39, 0.29) is 10.8 Å². The summed E-state index contributed by atoms with van der Waals surface area (Å²) in [6.45, 7) is 9.36. The van der Waals surface area contributed by atoms with E-state index in [1.54, 1.807) is 0 Å². The highest BCUT2D eigenvalue weighted by Crippen LogP contribution is 2.54. The van der Waals surface area contributed by atoms with E-state index < -0.39 is 0 Å². The van der Waals surface area contributed by atoms with Gasteiger partial charge in [-0.15, -0.1) is 0 Å². The van der Waals surface area contributed by atoms with Crippen LogP contribution >= 0.6 is 15.9 Å². The summed E-state index contributed by atoms with van der Waals surface area (Å²) in [7, 11) is 0.707. The first-order valence-corrected chi connectivity index (χ1v) is 36.0. The van der Waals surface area contributed by atoms with Gasteiger partial charge in [-0.3, -0.25) is 0 Å². The third-order valence-electron chi connectivity index (χ3n) is 21.8. The molecular weight excluding hydrogens is 1300 g/mol. The van der Waals surface area contributed by atoms with E-state index in [4.69, 9.17) is 9.68 Å². The summed E-state index contributed by atoms with van der Waals surface area (Å²) in [6, 6.07) is 123. The van der Waals surface area contributed by atoms with E-state index in [1.165, 1.54) is 181 Å². The van der Waals surface area contributed by atoms with Crippen molar-refractivity contribution in [3.63, 3.8) is 0 Å². The number of hydrogen-bond donors (Lipinski definition) is 1. The molecule has 0 bridgehead atoms. The first-order valence-electron chi connectivity index (χ1n) is 35.2. The Labute approximate surface area is 603 Å². The fraction of sp³-hybridized carbons (Fsp3) is 0.0612. The van der Waals surface area contributed by atoms with Crippen molar-refractivity contribution in [1.29, 1.82) is 0 Å². The Bertz CT molecular complexity index is 6290. The van der Waals surface area contributed by atoms with Crippen LogP contribution in [0.25, 0.3) is 164 Å². The zero-order valence-corrected chi connectivity index (χ0v) is 58.7. The molecule has 0 unspecified atom stereocenters. The molecule has 20 rings (SSSR count). The van der Waals surface area contributed by atoms with Gasteiger partial charge in [-0.1, -0.05) is 317 Å². The Morgan fingerprint density at radius 3 is 0.922 bits per heavy atom. The van der Waals surface area contributed by atoms with E-state index in [2.05, 4.69) is 359 Å². The second kappa shape index (κ2) is 25.2. The van der Waals surface area contributed by atoms with Gasteiger partial charge >= 0.3 is 7.69 Å². The molecule has 0 spiro atoms. The second-order valence-corrected chi connectivity index (χ2v) is 29.2. The van der Waals surface area contributed by atoms with Crippen LogP contribution in [0.5, 0.6) is 5.75 Å². The fourth-order valence-electron chi connectivity index (χ4n) is 16.8. The summed E-state index contributed by atoms with van der Waals surface area (Å²) in [5.74, 6) is 0.600. The van der Waals surface area contributed by atoms with Crippen LogP contribution in [-0.4, -0.2) is 12.7 Å². The number of halogens is 1. The molecule has 2 nitrogen and oxygen atoms in total. The molecule has 0 amide bonds. The van der Waals surface area contributed by atoms with Gasteiger partial charge in [-0.25, -0.2) is 0 Å². The van der Waals surface area contributed by atoms with Gasteiger partial charge in [0.05, 0.1) is 0 Å². The maximum Gasteiger partial charge on any atom is 0.569 e. The van der Waals surface area contributed by atoms with Gasteiger partial charge in [0.2, 0.25) is 0 Å². The minimum atomic E-state index is -0.0296. The minimum Gasteiger partial charge on any atom is -0.537 e. The third kappa shape index (κ3) is 10.7. The van der Waals surface area contributed by atoms with Gasteiger partial charge < -0.3 is 9.68 Å². The minimum absolute atomic E-state index is 0.0296. The summed E-state index contributed by atoms with van der Waals surface area (Å²) in [5, 5.41) is 29.2. The number of fused-ring (bicyclic) bond motifs is 14. The smallest absolute Gasteiger partial charge is 0.537 e. The highest BCUT2D eigenvalue weighted by atomic mass is 79.9. The summed E-state index contributed by atoms with van der Waals surface area (Å²) in [6.07, 6.45) is 0. The van der Waals surface area contributed by atoms with Gasteiger partial charge in [0.1, 0.15) is 5.75 Å². The topological polar surface area (TPSA) is 29.5 Å². The van der Waals surface area contributed by atoms with Crippen LogP contribution in [0.3, 0.4) is 0 Å². The Morgan fingerprint density at radius 1 is 0.245 bits per heavy atom. The normalized spacial score (nSPS) is 13.0. The van der Waals surface area contributed by atoms with Crippen LogP contribution in [0.15, 0.2) is 344 Å².